The molecule has 0 aliphatic rings. The van der Waals surface area contributed by atoms with E-state index in [1.807, 2.05) is 18.2 Å². The van der Waals surface area contributed by atoms with Gasteiger partial charge in [0.1, 0.15) is 5.75 Å². The van der Waals surface area contributed by atoms with Gasteiger partial charge in [-0.1, -0.05) is 49.4 Å². The molecule has 1 N–H and O–H groups in total. The molecule has 0 aliphatic carbocycles. The van der Waals surface area contributed by atoms with E-state index in [-0.39, 0.29) is 12.5 Å². The van der Waals surface area contributed by atoms with Crippen LogP contribution in [0, 0.1) is 5.92 Å². The summed E-state index contributed by atoms with van der Waals surface area (Å²) in [5, 5.41) is 9.52. The molecule has 0 spiro atoms. The minimum Gasteiger partial charge on any atom is -0.497 e. The zero-order valence-corrected chi connectivity index (χ0v) is 12.1. The molecule has 2 aromatic carbocycles. The van der Waals surface area contributed by atoms with Gasteiger partial charge in [0.25, 0.3) is 0 Å². The second kappa shape index (κ2) is 7.11. The van der Waals surface area contributed by atoms with Crippen molar-refractivity contribution in [1.82, 2.24) is 0 Å². The van der Waals surface area contributed by atoms with Crippen molar-refractivity contribution in [3.8, 4) is 5.75 Å². The molecule has 0 saturated heterocycles. The van der Waals surface area contributed by atoms with E-state index in [0.29, 0.717) is 5.92 Å². The van der Waals surface area contributed by atoms with Crippen LogP contribution in [0.15, 0.2) is 54.6 Å². The molecule has 0 unspecified atom stereocenters. The smallest absolute Gasteiger partial charge is 0.118 e. The molecule has 0 aromatic heterocycles. The maximum Gasteiger partial charge on any atom is 0.118 e. The Hall–Kier alpha value is -1.80. The first kappa shape index (κ1) is 14.6. The number of benzene rings is 2. The van der Waals surface area contributed by atoms with Crippen LogP contribution >= 0.6 is 0 Å². The van der Waals surface area contributed by atoms with Gasteiger partial charge in [0.05, 0.1) is 7.11 Å². The van der Waals surface area contributed by atoms with Crippen molar-refractivity contribution in [1.29, 1.82) is 0 Å². The SMILES string of the molecule is COc1ccc([C@@H](Cc2ccccc2)[C@H](C)CO)cc1. The van der Waals surface area contributed by atoms with Gasteiger partial charge in [0.2, 0.25) is 0 Å². The van der Waals surface area contributed by atoms with Gasteiger partial charge >= 0.3 is 0 Å². The fraction of sp³-hybridized carbons (Fsp3) is 0.333. The zero-order valence-electron chi connectivity index (χ0n) is 12.1. The fourth-order valence-corrected chi connectivity index (χ4v) is 2.49. The number of ether oxygens (including phenoxy) is 1. The molecule has 106 valence electrons. The third-order valence-corrected chi connectivity index (χ3v) is 3.82. The van der Waals surface area contributed by atoms with Crippen molar-refractivity contribution in [2.24, 2.45) is 5.92 Å². The Morgan fingerprint density at radius 2 is 1.65 bits per heavy atom. The van der Waals surface area contributed by atoms with Gasteiger partial charge < -0.3 is 9.84 Å². The van der Waals surface area contributed by atoms with E-state index in [4.69, 9.17) is 4.74 Å². The summed E-state index contributed by atoms with van der Waals surface area (Å²) in [6, 6.07) is 18.6. The Morgan fingerprint density at radius 3 is 2.20 bits per heavy atom. The highest BCUT2D eigenvalue weighted by atomic mass is 16.5. The molecule has 0 radical (unpaired) electrons. The lowest BCUT2D eigenvalue weighted by molar-refractivity contribution is 0.215. The monoisotopic (exact) mass is 270 g/mol. The second-order valence-corrected chi connectivity index (χ2v) is 5.23. The maximum atomic E-state index is 9.52. The van der Waals surface area contributed by atoms with Crippen LogP contribution in [0.4, 0.5) is 0 Å². The molecular formula is C18H22O2. The van der Waals surface area contributed by atoms with E-state index >= 15 is 0 Å². The molecule has 20 heavy (non-hydrogen) atoms. The standard InChI is InChI=1S/C18H22O2/c1-14(13-19)18(12-15-6-4-3-5-7-15)16-8-10-17(20-2)11-9-16/h3-11,14,18-19H,12-13H2,1-2H3/t14-,18+/m1/s1. The number of aliphatic hydroxyl groups is 1. The Labute approximate surface area is 121 Å². The average Bonchev–Trinajstić information content (AvgIpc) is 2.53. The van der Waals surface area contributed by atoms with Crippen molar-refractivity contribution in [2.45, 2.75) is 19.3 Å². The Balaban J connectivity index is 2.22. The lowest BCUT2D eigenvalue weighted by Gasteiger charge is -2.23. The van der Waals surface area contributed by atoms with Crippen LogP contribution in [0.3, 0.4) is 0 Å². The van der Waals surface area contributed by atoms with Gasteiger partial charge in [-0.05, 0) is 41.5 Å². The molecule has 0 saturated carbocycles. The topological polar surface area (TPSA) is 29.5 Å². The lowest BCUT2D eigenvalue weighted by atomic mass is 9.83. The van der Waals surface area contributed by atoms with E-state index in [2.05, 4.69) is 43.3 Å². The number of rotatable bonds is 6. The third-order valence-electron chi connectivity index (χ3n) is 3.82. The number of aliphatic hydroxyl groups excluding tert-OH is 1. The largest absolute Gasteiger partial charge is 0.497 e. The summed E-state index contributed by atoms with van der Waals surface area (Å²) in [4.78, 5) is 0. The summed E-state index contributed by atoms with van der Waals surface area (Å²) in [5.74, 6) is 1.40. The summed E-state index contributed by atoms with van der Waals surface area (Å²) >= 11 is 0. The first-order valence-electron chi connectivity index (χ1n) is 7.03. The van der Waals surface area contributed by atoms with Crippen LogP contribution in [0.5, 0.6) is 5.75 Å². The Morgan fingerprint density at radius 1 is 1.00 bits per heavy atom. The first-order chi connectivity index (χ1) is 9.74. The summed E-state index contributed by atoms with van der Waals surface area (Å²) in [5.41, 5.74) is 2.55. The van der Waals surface area contributed by atoms with Crippen LogP contribution < -0.4 is 4.74 Å². The van der Waals surface area contributed by atoms with Crippen LogP contribution in [-0.4, -0.2) is 18.8 Å². The molecule has 2 atom stereocenters. The fourth-order valence-electron chi connectivity index (χ4n) is 2.49. The van der Waals surface area contributed by atoms with Crippen molar-refractivity contribution in [2.75, 3.05) is 13.7 Å². The summed E-state index contributed by atoms with van der Waals surface area (Å²) < 4.78 is 5.20. The van der Waals surface area contributed by atoms with Crippen molar-refractivity contribution < 1.29 is 9.84 Å². The van der Waals surface area contributed by atoms with Gasteiger partial charge in [0, 0.05) is 6.61 Å². The van der Waals surface area contributed by atoms with Gasteiger partial charge in [-0.2, -0.15) is 0 Å². The van der Waals surface area contributed by atoms with Crippen LogP contribution in [0.1, 0.15) is 24.0 Å². The molecule has 0 amide bonds. The molecular weight excluding hydrogens is 248 g/mol. The normalized spacial score (nSPS) is 13.8. The summed E-state index contributed by atoms with van der Waals surface area (Å²) in [6.45, 7) is 2.29. The summed E-state index contributed by atoms with van der Waals surface area (Å²) in [6.07, 6.45) is 0.939. The van der Waals surface area contributed by atoms with E-state index in [0.717, 1.165) is 12.2 Å². The van der Waals surface area contributed by atoms with E-state index in [1.54, 1.807) is 7.11 Å². The average molecular weight is 270 g/mol. The molecule has 0 bridgehead atoms. The third kappa shape index (κ3) is 3.61. The predicted molar refractivity (Wildman–Crippen MR) is 82.1 cm³/mol. The van der Waals surface area contributed by atoms with Crippen molar-refractivity contribution in [3.05, 3.63) is 65.7 Å². The van der Waals surface area contributed by atoms with E-state index in [9.17, 15) is 5.11 Å². The minimum absolute atomic E-state index is 0.198. The number of methoxy groups -OCH3 is 1. The molecule has 0 heterocycles. The Bertz CT molecular complexity index is 505. The van der Waals surface area contributed by atoms with Crippen LogP contribution in [0.2, 0.25) is 0 Å². The highest BCUT2D eigenvalue weighted by Crippen LogP contribution is 2.29. The molecule has 2 aromatic rings. The zero-order chi connectivity index (χ0) is 14.4. The first-order valence-corrected chi connectivity index (χ1v) is 7.03. The van der Waals surface area contributed by atoms with Crippen LogP contribution in [0.25, 0.3) is 0 Å². The van der Waals surface area contributed by atoms with Gasteiger partial charge in [-0.15, -0.1) is 0 Å². The molecule has 0 fully saturated rings. The van der Waals surface area contributed by atoms with Gasteiger partial charge in [-0.3, -0.25) is 0 Å². The predicted octanol–water partition coefficient (Wildman–Crippen LogP) is 3.65. The minimum atomic E-state index is 0.198. The molecule has 2 heteroatoms. The van der Waals surface area contributed by atoms with E-state index < -0.39 is 0 Å². The van der Waals surface area contributed by atoms with Crippen molar-refractivity contribution in [3.63, 3.8) is 0 Å². The molecule has 2 nitrogen and oxygen atoms in total. The highest BCUT2D eigenvalue weighted by molar-refractivity contribution is 5.31. The second-order valence-electron chi connectivity index (χ2n) is 5.23. The quantitative estimate of drug-likeness (QED) is 0.868. The van der Waals surface area contributed by atoms with E-state index in [1.165, 1.54) is 11.1 Å². The van der Waals surface area contributed by atoms with Crippen LogP contribution in [-0.2, 0) is 6.42 Å². The highest BCUT2D eigenvalue weighted by Gasteiger charge is 2.19. The number of hydrogen-bond acceptors (Lipinski definition) is 2. The molecule has 2 rings (SSSR count). The van der Waals surface area contributed by atoms with Crippen molar-refractivity contribution >= 4 is 0 Å². The lowest BCUT2D eigenvalue weighted by Crippen LogP contribution is -2.16. The summed E-state index contributed by atoms with van der Waals surface area (Å²) in [7, 11) is 1.67. The number of hydrogen-bond donors (Lipinski definition) is 1. The maximum absolute atomic E-state index is 9.52. The van der Waals surface area contributed by atoms with Gasteiger partial charge in [-0.25, -0.2) is 0 Å². The molecule has 0 aliphatic heterocycles. The van der Waals surface area contributed by atoms with Gasteiger partial charge in [0.15, 0.2) is 0 Å². The Kier molecular flexibility index (Phi) is 5.19.